The molecule has 0 unspecified atom stereocenters. The van der Waals surface area contributed by atoms with E-state index in [2.05, 4.69) is 0 Å². The minimum Gasteiger partial charge on any atom is -0.484 e. The third kappa shape index (κ3) is 4.36. The van der Waals surface area contributed by atoms with Crippen LogP contribution in [-0.2, 0) is 11.3 Å². The first-order chi connectivity index (χ1) is 10.5. The first kappa shape index (κ1) is 16.6. The smallest absolute Gasteiger partial charge is 0.260 e. The fourth-order valence-corrected chi connectivity index (χ4v) is 2.08. The zero-order valence-electron chi connectivity index (χ0n) is 11.9. The van der Waals surface area contributed by atoms with Crippen molar-refractivity contribution in [3.63, 3.8) is 0 Å². The topological polar surface area (TPSA) is 29.5 Å². The van der Waals surface area contributed by atoms with Crippen molar-refractivity contribution < 1.29 is 13.9 Å². The average Bonchev–Trinajstić information content (AvgIpc) is 2.50. The molecule has 3 nitrogen and oxygen atoms in total. The Bertz CT molecular complexity index is 679. The Hall–Kier alpha value is -1.78. The Balaban J connectivity index is 1.91. The lowest BCUT2D eigenvalue weighted by Gasteiger charge is -2.18. The van der Waals surface area contributed by atoms with Gasteiger partial charge in [0.2, 0.25) is 0 Å². The molecule has 0 heterocycles. The molecule has 0 aliphatic rings. The molecule has 0 saturated heterocycles. The van der Waals surface area contributed by atoms with Crippen LogP contribution < -0.4 is 4.74 Å². The number of carbonyl (C=O) groups is 1. The highest BCUT2D eigenvalue weighted by atomic mass is 35.5. The molecule has 6 heteroatoms. The molecule has 0 atom stereocenters. The largest absolute Gasteiger partial charge is 0.484 e. The van der Waals surface area contributed by atoms with Gasteiger partial charge < -0.3 is 9.64 Å². The first-order valence-corrected chi connectivity index (χ1v) is 7.28. The monoisotopic (exact) mass is 341 g/mol. The van der Waals surface area contributed by atoms with Crippen molar-refractivity contribution in [1.29, 1.82) is 0 Å². The normalized spacial score (nSPS) is 10.4. The van der Waals surface area contributed by atoms with Crippen LogP contribution in [0.4, 0.5) is 4.39 Å². The molecule has 2 rings (SSSR count). The van der Waals surface area contributed by atoms with E-state index in [1.54, 1.807) is 37.4 Å². The number of halogens is 3. The van der Waals surface area contributed by atoms with Gasteiger partial charge in [-0.05, 0) is 18.2 Å². The number of carbonyl (C=O) groups excluding carboxylic acids is 1. The van der Waals surface area contributed by atoms with E-state index in [9.17, 15) is 9.18 Å². The van der Waals surface area contributed by atoms with Gasteiger partial charge in [0, 0.05) is 25.2 Å². The SMILES string of the molecule is CN(Cc1ccccc1F)C(=O)COc1ccc(Cl)c(Cl)c1. The summed E-state index contributed by atoms with van der Waals surface area (Å²) >= 11 is 11.7. The lowest BCUT2D eigenvalue weighted by molar-refractivity contribution is -0.132. The Morgan fingerprint density at radius 3 is 2.59 bits per heavy atom. The minimum atomic E-state index is -0.340. The zero-order chi connectivity index (χ0) is 16.1. The van der Waals surface area contributed by atoms with E-state index in [1.165, 1.54) is 17.0 Å². The van der Waals surface area contributed by atoms with Gasteiger partial charge in [-0.25, -0.2) is 4.39 Å². The van der Waals surface area contributed by atoms with Crippen LogP contribution in [0.2, 0.25) is 10.0 Å². The van der Waals surface area contributed by atoms with E-state index < -0.39 is 0 Å². The summed E-state index contributed by atoms with van der Waals surface area (Å²) < 4.78 is 18.9. The number of amides is 1. The molecule has 0 saturated carbocycles. The van der Waals surface area contributed by atoms with Crippen molar-refractivity contribution in [3.8, 4) is 5.75 Å². The van der Waals surface area contributed by atoms with Crippen molar-refractivity contribution in [2.24, 2.45) is 0 Å². The second kappa shape index (κ2) is 7.47. The van der Waals surface area contributed by atoms with Crippen molar-refractivity contribution in [2.45, 2.75) is 6.54 Å². The maximum atomic E-state index is 13.6. The molecule has 2 aromatic rings. The Kier molecular flexibility index (Phi) is 5.63. The van der Waals surface area contributed by atoms with E-state index in [1.807, 2.05) is 0 Å². The zero-order valence-corrected chi connectivity index (χ0v) is 13.4. The van der Waals surface area contributed by atoms with Crippen molar-refractivity contribution >= 4 is 29.1 Å². The fraction of sp³-hybridized carbons (Fsp3) is 0.188. The molecule has 1 amide bonds. The Morgan fingerprint density at radius 2 is 1.91 bits per heavy atom. The van der Waals surface area contributed by atoms with E-state index in [-0.39, 0.29) is 24.9 Å². The summed E-state index contributed by atoms with van der Waals surface area (Å²) in [6.45, 7) is 0.0131. The van der Waals surface area contributed by atoms with Gasteiger partial charge in [0.1, 0.15) is 11.6 Å². The van der Waals surface area contributed by atoms with Crippen LogP contribution in [0.25, 0.3) is 0 Å². The molecule has 116 valence electrons. The molecule has 0 aromatic heterocycles. The number of benzene rings is 2. The first-order valence-electron chi connectivity index (χ1n) is 6.52. The molecule has 2 aromatic carbocycles. The number of hydrogen-bond acceptors (Lipinski definition) is 2. The van der Waals surface area contributed by atoms with E-state index in [0.717, 1.165) is 0 Å². The van der Waals surface area contributed by atoms with Crippen molar-refractivity contribution in [2.75, 3.05) is 13.7 Å². The third-order valence-corrected chi connectivity index (χ3v) is 3.78. The summed E-state index contributed by atoms with van der Waals surface area (Å²) in [6, 6.07) is 11.1. The molecule has 0 N–H and O–H groups in total. The van der Waals surface area contributed by atoms with E-state index in [4.69, 9.17) is 27.9 Å². The maximum Gasteiger partial charge on any atom is 0.260 e. The molecule has 0 spiro atoms. The Morgan fingerprint density at radius 1 is 1.18 bits per heavy atom. The van der Waals surface area contributed by atoms with Gasteiger partial charge in [-0.2, -0.15) is 0 Å². The number of hydrogen-bond donors (Lipinski definition) is 0. The molecular weight excluding hydrogens is 328 g/mol. The Labute approximate surface area is 138 Å². The van der Waals surface area contributed by atoms with Crippen molar-refractivity contribution in [3.05, 3.63) is 63.9 Å². The predicted octanol–water partition coefficient (Wildman–Crippen LogP) is 4.17. The van der Waals surface area contributed by atoms with Gasteiger partial charge in [0.25, 0.3) is 5.91 Å². The molecule has 0 radical (unpaired) electrons. The van der Waals surface area contributed by atoms with Gasteiger partial charge in [0.15, 0.2) is 6.61 Å². The lowest BCUT2D eigenvalue weighted by atomic mass is 10.2. The van der Waals surface area contributed by atoms with Gasteiger partial charge in [-0.3, -0.25) is 4.79 Å². The quantitative estimate of drug-likeness (QED) is 0.816. The summed E-state index contributed by atoms with van der Waals surface area (Å²) in [4.78, 5) is 13.4. The van der Waals surface area contributed by atoms with Crippen LogP contribution in [0.3, 0.4) is 0 Å². The summed E-state index contributed by atoms with van der Waals surface area (Å²) in [7, 11) is 1.59. The summed E-state index contributed by atoms with van der Waals surface area (Å²) in [5, 5.41) is 0.767. The van der Waals surface area contributed by atoms with Crippen LogP contribution >= 0.6 is 23.2 Å². The van der Waals surface area contributed by atoms with Crippen LogP contribution in [0.15, 0.2) is 42.5 Å². The van der Waals surface area contributed by atoms with Crippen LogP contribution in [0.5, 0.6) is 5.75 Å². The average molecular weight is 342 g/mol. The second-order valence-corrected chi connectivity index (χ2v) is 5.52. The molecule has 0 fully saturated rings. The minimum absolute atomic E-state index is 0.164. The number of likely N-dealkylation sites (N-methyl/N-ethyl adjacent to an activating group) is 1. The van der Waals surface area contributed by atoms with Gasteiger partial charge >= 0.3 is 0 Å². The number of nitrogens with zero attached hydrogens (tertiary/aromatic N) is 1. The lowest BCUT2D eigenvalue weighted by Crippen LogP contribution is -2.31. The standard InChI is InChI=1S/C16H14Cl2FNO2/c1-20(9-11-4-2-3-5-15(11)19)16(21)10-22-12-6-7-13(17)14(18)8-12/h2-8H,9-10H2,1H3. The van der Waals surface area contributed by atoms with Gasteiger partial charge in [-0.15, -0.1) is 0 Å². The van der Waals surface area contributed by atoms with E-state index >= 15 is 0 Å². The highest BCUT2D eigenvalue weighted by Gasteiger charge is 2.12. The van der Waals surface area contributed by atoms with Crippen LogP contribution in [0.1, 0.15) is 5.56 Å². The van der Waals surface area contributed by atoms with Gasteiger partial charge in [-0.1, -0.05) is 41.4 Å². The maximum absolute atomic E-state index is 13.6. The summed E-state index contributed by atoms with van der Waals surface area (Å²) in [5.74, 6) is -0.163. The predicted molar refractivity (Wildman–Crippen MR) is 84.8 cm³/mol. The molecule has 0 bridgehead atoms. The number of ether oxygens (including phenoxy) is 1. The van der Waals surface area contributed by atoms with Crippen LogP contribution in [0, 0.1) is 5.82 Å². The summed E-state index contributed by atoms with van der Waals surface area (Å²) in [6.07, 6.45) is 0. The van der Waals surface area contributed by atoms with Crippen molar-refractivity contribution in [1.82, 2.24) is 4.90 Å². The summed E-state index contributed by atoms with van der Waals surface area (Å²) in [5.41, 5.74) is 0.452. The van der Waals surface area contributed by atoms with Crippen LogP contribution in [-0.4, -0.2) is 24.5 Å². The highest BCUT2D eigenvalue weighted by molar-refractivity contribution is 6.42. The van der Waals surface area contributed by atoms with Gasteiger partial charge in [0.05, 0.1) is 10.0 Å². The number of rotatable bonds is 5. The molecule has 22 heavy (non-hydrogen) atoms. The molecule has 0 aliphatic heterocycles. The third-order valence-electron chi connectivity index (χ3n) is 3.04. The molecule has 0 aliphatic carbocycles. The van der Waals surface area contributed by atoms with E-state index in [0.29, 0.717) is 21.4 Å². The highest BCUT2D eigenvalue weighted by Crippen LogP contribution is 2.26. The fourth-order valence-electron chi connectivity index (χ4n) is 1.79. The second-order valence-electron chi connectivity index (χ2n) is 4.71. The molecular formula is C16H14Cl2FNO2.